The fourth-order valence-electron chi connectivity index (χ4n) is 0.690. The lowest BCUT2D eigenvalue weighted by molar-refractivity contribution is -0.105. The van der Waals surface area contributed by atoms with Crippen molar-refractivity contribution in [3.8, 4) is 0 Å². The number of rotatable bonds is 4. The molecular weight excluding hydrogens is 235 g/mol. The third-order valence-electron chi connectivity index (χ3n) is 1.17. The van der Waals surface area contributed by atoms with Crippen LogP contribution < -0.4 is 0 Å². The Kier molecular flexibility index (Phi) is 4.43. The molecule has 0 fully saturated rings. The highest BCUT2D eigenvalue weighted by Crippen LogP contribution is 2.33. The summed E-state index contributed by atoms with van der Waals surface area (Å²) in [5, 5.41) is 0. The van der Waals surface area contributed by atoms with Crippen LogP contribution in [0.2, 0.25) is 8.67 Å². The lowest BCUT2D eigenvalue weighted by Crippen LogP contribution is -1.81. The lowest BCUT2D eigenvalue weighted by atomic mass is 10.4. The van der Waals surface area contributed by atoms with E-state index in [-0.39, 0.29) is 0 Å². The van der Waals surface area contributed by atoms with Gasteiger partial charge in [-0.05, 0) is 11.6 Å². The van der Waals surface area contributed by atoms with Crippen molar-refractivity contribution in [1.29, 1.82) is 0 Å². The molecule has 0 spiro atoms. The summed E-state index contributed by atoms with van der Waals surface area (Å²) in [4.78, 5) is 10.0. The van der Waals surface area contributed by atoms with E-state index >= 15 is 0 Å². The fraction of sp³-hybridized carbons (Fsp3) is 0.286. The molecule has 0 bridgehead atoms. The maximum atomic E-state index is 10.0. The van der Waals surface area contributed by atoms with Crippen LogP contribution in [0.5, 0.6) is 0 Å². The Morgan fingerprint density at radius 1 is 1.58 bits per heavy atom. The highest BCUT2D eigenvalue weighted by Gasteiger charge is 2.04. The monoisotopic (exact) mass is 240 g/mol. The van der Waals surface area contributed by atoms with Crippen LogP contribution in [0.3, 0.4) is 0 Å². The van der Waals surface area contributed by atoms with Crippen LogP contribution in [0, 0.1) is 0 Å². The summed E-state index contributed by atoms with van der Waals surface area (Å²) >= 11 is 14.5. The Hall–Kier alpha value is 0.300. The summed E-state index contributed by atoms with van der Waals surface area (Å²) in [5.74, 6) is 1.25. The second-order valence-electron chi connectivity index (χ2n) is 2.03. The van der Waals surface area contributed by atoms with Gasteiger partial charge >= 0.3 is 0 Å². The van der Waals surface area contributed by atoms with Gasteiger partial charge in [-0.25, -0.2) is 0 Å². The van der Waals surface area contributed by atoms with Crippen LogP contribution in [0.1, 0.15) is 5.56 Å². The van der Waals surface area contributed by atoms with Gasteiger partial charge in [-0.15, -0.1) is 23.1 Å². The predicted octanol–water partition coefficient (Wildman–Crippen LogP) is 3.49. The second kappa shape index (κ2) is 5.12. The predicted molar refractivity (Wildman–Crippen MR) is 56.6 cm³/mol. The van der Waals surface area contributed by atoms with Crippen LogP contribution in [0.15, 0.2) is 6.07 Å². The van der Waals surface area contributed by atoms with Gasteiger partial charge in [0.15, 0.2) is 0 Å². The van der Waals surface area contributed by atoms with Crippen LogP contribution in [0.4, 0.5) is 0 Å². The molecule has 0 aliphatic rings. The number of hydrogen-bond acceptors (Lipinski definition) is 3. The first-order valence-electron chi connectivity index (χ1n) is 3.19. The lowest BCUT2D eigenvalue weighted by Gasteiger charge is -1.93. The number of thioether (sulfide) groups is 1. The highest BCUT2D eigenvalue weighted by molar-refractivity contribution is 7.99. The molecule has 1 aromatic rings. The molecule has 0 N–H and O–H groups in total. The second-order valence-corrected chi connectivity index (χ2v) is 5.35. The molecular formula is C7H6Cl2OS2. The summed E-state index contributed by atoms with van der Waals surface area (Å²) in [7, 11) is 0. The SMILES string of the molecule is O=CCSCc1cc(Cl)sc1Cl. The quantitative estimate of drug-likeness (QED) is 0.593. The third kappa shape index (κ3) is 2.98. The molecule has 0 aliphatic heterocycles. The molecule has 0 saturated heterocycles. The van der Waals surface area contributed by atoms with Crippen LogP contribution in [0.25, 0.3) is 0 Å². The van der Waals surface area contributed by atoms with E-state index in [1.54, 1.807) is 0 Å². The number of aldehydes is 1. The first-order valence-corrected chi connectivity index (χ1v) is 5.92. The molecule has 66 valence electrons. The van der Waals surface area contributed by atoms with Crippen molar-refractivity contribution in [2.24, 2.45) is 0 Å². The molecule has 0 aliphatic carbocycles. The van der Waals surface area contributed by atoms with Gasteiger partial charge in [0.05, 0.1) is 8.67 Å². The van der Waals surface area contributed by atoms with E-state index in [1.807, 2.05) is 6.07 Å². The maximum Gasteiger partial charge on any atom is 0.129 e. The van der Waals surface area contributed by atoms with Crippen molar-refractivity contribution in [2.45, 2.75) is 5.75 Å². The van der Waals surface area contributed by atoms with Crippen molar-refractivity contribution < 1.29 is 4.79 Å². The Morgan fingerprint density at radius 2 is 2.33 bits per heavy atom. The smallest absolute Gasteiger partial charge is 0.129 e. The number of hydrogen-bond donors (Lipinski definition) is 0. The third-order valence-corrected chi connectivity index (χ3v) is 3.63. The summed E-state index contributed by atoms with van der Waals surface area (Å²) in [6, 6.07) is 1.84. The van der Waals surface area contributed by atoms with Gasteiger partial charge in [-0.3, -0.25) is 0 Å². The van der Waals surface area contributed by atoms with Crippen LogP contribution in [-0.2, 0) is 10.5 Å². The normalized spacial score (nSPS) is 10.2. The molecule has 1 rings (SSSR count). The Balaban J connectivity index is 2.50. The van der Waals surface area contributed by atoms with Gasteiger partial charge in [-0.1, -0.05) is 23.2 Å². The zero-order valence-corrected chi connectivity index (χ0v) is 9.19. The number of carbonyl (C=O) groups is 1. The first kappa shape index (κ1) is 10.4. The molecule has 0 saturated carbocycles. The van der Waals surface area contributed by atoms with Gasteiger partial charge < -0.3 is 4.79 Å². The van der Waals surface area contributed by atoms with Gasteiger partial charge in [0.25, 0.3) is 0 Å². The summed E-state index contributed by atoms with van der Waals surface area (Å²) in [6.07, 6.45) is 0.881. The molecule has 0 atom stereocenters. The summed E-state index contributed by atoms with van der Waals surface area (Å²) in [5.41, 5.74) is 1.01. The van der Waals surface area contributed by atoms with Crippen molar-refractivity contribution in [2.75, 3.05) is 5.75 Å². The average Bonchev–Trinajstić information content (AvgIpc) is 2.31. The maximum absolute atomic E-state index is 10.0. The van der Waals surface area contributed by atoms with E-state index in [0.717, 1.165) is 21.9 Å². The molecule has 0 aromatic carbocycles. The molecule has 1 aromatic heterocycles. The van der Waals surface area contributed by atoms with E-state index < -0.39 is 0 Å². The summed E-state index contributed by atoms with van der Waals surface area (Å²) < 4.78 is 1.42. The highest BCUT2D eigenvalue weighted by atomic mass is 35.5. The first-order chi connectivity index (χ1) is 5.74. The molecule has 1 nitrogen and oxygen atoms in total. The molecule has 5 heteroatoms. The molecule has 0 amide bonds. The van der Waals surface area contributed by atoms with E-state index in [1.165, 1.54) is 23.1 Å². The Bertz CT molecular complexity index is 272. The fourth-order valence-corrected chi connectivity index (χ4v) is 3.01. The van der Waals surface area contributed by atoms with Gasteiger partial charge in [0, 0.05) is 11.5 Å². The zero-order chi connectivity index (χ0) is 8.97. The standard InChI is InChI=1S/C7H6Cl2OS2/c8-6-3-5(7(9)12-6)4-11-2-1-10/h1,3H,2,4H2. The van der Waals surface area contributed by atoms with E-state index in [4.69, 9.17) is 23.2 Å². The number of halogens is 2. The minimum absolute atomic E-state index is 0.504. The van der Waals surface area contributed by atoms with Gasteiger partial charge in [0.2, 0.25) is 0 Å². The van der Waals surface area contributed by atoms with Gasteiger partial charge in [-0.2, -0.15) is 0 Å². The van der Waals surface area contributed by atoms with E-state index in [2.05, 4.69) is 0 Å². The largest absolute Gasteiger partial charge is 0.302 e. The van der Waals surface area contributed by atoms with Crippen LogP contribution >= 0.6 is 46.3 Å². The number of thiophene rings is 1. The molecule has 12 heavy (non-hydrogen) atoms. The van der Waals surface area contributed by atoms with Crippen molar-refractivity contribution >= 4 is 52.6 Å². The van der Waals surface area contributed by atoms with Gasteiger partial charge in [0.1, 0.15) is 6.29 Å². The minimum atomic E-state index is 0.504. The van der Waals surface area contributed by atoms with Crippen molar-refractivity contribution in [3.05, 3.63) is 20.3 Å². The number of carbonyl (C=O) groups excluding carboxylic acids is 1. The topological polar surface area (TPSA) is 17.1 Å². The Morgan fingerprint density at radius 3 is 2.83 bits per heavy atom. The summed E-state index contributed by atoms with van der Waals surface area (Å²) in [6.45, 7) is 0. The van der Waals surface area contributed by atoms with E-state index in [9.17, 15) is 4.79 Å². The van der Waals surface area contributed by atoms with Crippen LogP contribution in [-0.4, -0.2) is 12.0 Å². The molecule has 1 heterocycles. The van der Waals surface area contributed by atoms with E-state index in [0.29, 0.717) is 10.1 Å². The van der Waals surface area contributed by atoms with Crippen molar-refractivity contribution in [3.63, 3.8) is 0 Å². The molecule has 0 radical (unpaired) electrons. The average molecular weight is 241 g/mol. The zero-order valence-electron chi connectivity index (χ0n) is 6.05. The van der Waals surface area contributed by atoms with Crippen molar-refractivity contribution in [1.82, 2.24) is 0 Å². The molecule has 0 unspecified atom stereocenters. The minimum Gasteiger partial charge on any atom is -0.302 e. The Labute approximate surface area is 89.1 Å².